The lowest BCUT2D eigenvalue weighted by molar-refractivity contribution is 0.551. The van der Waals surface area contributed by atoms with Gasteiger partial charge in [0.05, 0.1) is 0 Å². The Morgan fingerprint density at radius 3 is 2.58 bits per heavy atom. The van der Waals surface area contributed by atoms with Crippen molar-refractivity contribution in [3.63, 3.8) is 0 Å². The van der Waals surface area contributed by atoms with Gasteiger partial charge < -0.3 is 10.6 Å². The average molecular weight is 260 g/mol. The number of hydrogen-bond donors (Lipinski definition) is 1. The zero-order chi connectivity index (χ0) is 14.3. The number of anilines is 1. The van der Waals surface area contributed by atoms with E-state index in [0.717, 1.165) is 25.8 Å². The first-order valence-electron chi connectivity index (χ1n) is 7.38. The molecule has 0 spiro atoms. The minimum Gasteiger partial charge on any atom is -0.345 e. The monoisotopic (exact) mass is 260 g/mol. The molecule has 0 aliphatic carbocycles. The molecule has 19 heavy (non-hydrogen) atoms. The second-order valence-corrected chi connectivity index (χ2v) is 5.04. The number of hydrogen-bond acceptors (Lipinski definition) is 2. The number of rotatable bonds is 8. The summed E-state index contributed by atoms with van der Waals surface area (Å²) >= 11 is 0. The van der Waals surface area contributed by atoms with E-state index >= 15 is 0 Å². The first-order chi connectivity index (χ1) is 9.19. The maximum absolute atomic E-state index is 5.77. The molecule has 0 aromatic heterocycles. The normalized spacial score (nSPS) is 12.2. The van der Waals surface area contributed by atoms with Crippen LogP contribution in [0, 0.1) is 6.92 Å². The van der Waals surface area contributed by atoms with Gasteiger partial charge >= 0.3 is 0 Å². The number of nitrogens with zero attached hydrogens (tertiary/aromatic N) is 1. The van der Waals surface area contributed by atoms with Crippen LogP contribution in [0.15, 0.2) is 31.0 Å². The van der Waals surface area contributed by atoms with Crippen LogP contribution in [0.25, 0.3) is 0 Å². The summed E-state index contributed by atoms with van der Waals surface area (Å²) in [5, 5.41) is 0. The smallest absolute Gasteiger partial charge is 0.0443 e. The Morgan fingerprint density at radius 1 is 1.32 bits per heavy atom. The summed E-state index contributed by atoms with van der Waals surface area (Å²) in [5.41, 5.74) is 9.84. The standard InChI is InChI=1S/C17H28N2/c1-5-9-15(12-13-18)19(7-3)17-11-8-10-14(4)16(17)6-2/h7-8,10-11,15H,3,5-6,9,12-13,18H2,1-2,4H3. The molecule has 0 aliphatic rings. The summed E-state index contributed by atoms with van der Waals surface area (Å²) in [6, 6.07) is 6.97. The fourth-order valence-electron chi connectivity index (χ4n) is 2.78. The second kappa shape index (κ2) is 8.00. The lowest BCUT2D eigenvalue weighted by Gasteiger charge is -2.32. The zero-order valence-electron chi connectivity index (χ0n) is 12.7. The van der Waals surface area contributed by atoms with E-state index in [0.29, 0.717) is 6.04 Å². The molecule has 0 aliphatic heterocycles. The third-order valence-corrected chi connectivity index (χ3v) is 3.73. The van der Waals surface area contributed by atoms with E-state index in [1.165, 1.54) is 23.2 Å². The third-order valence-electron chi connectivity index (χ3n) is 3.73. The fourth-order valence-corrected chi connectivity index (χ4v) is 2.78. The van der Waals surface area contributed by atoms with E-state index in [4.69, 9.17) is 5.73 Å². The van der Waals surface area contributed by atoms with Gasteiger partial charge in [-0.25, -0.2) is 0 Å². The zero-order valence-corrected chi connectivity index (χ0v) is 12.7. The SMILES string of the molecule is C=CN(c1cccc(C)c1CC)C(CCC)CCN. The summed E-state index contributed by atoms with van der Waals surface area (Å²) in [6.45, 7) is 11.4. The third kappa shape index (κ3) is 3.84. The van der Waals surface area contributed by atoms with Gasteiger partial charge in [0.15, 0.2) is 0 Å². The second-order valence-electron chi connectivity index (χ2n) is 5.04. The molecule has 1 rings (SSSR count). The van der Waals surface area contributed by atoms with Gasteiger partial charge in [-0.3, -0.25) is 0 Å². The Bertz CT molecular complexity index is 392. The molecule has 0 heterocycles. The van der Waals surface area contributed by atoms with Gasteiger partial charge in [-0.05, 0) is 56.1 Å². The van der Waals surface area contributed by atoms with Crippen molar-refractivity contribution in [2.24, 2.45) is 5.73 Å². The summed E-state index contributed by atoms with van der Waals surface area (Å²) in [4.78, 5) is 2.32. The van der Waals surface area contributed by atoms with E-state index < -0.39 is 0 Å². The summed E-state index contributed by atoms with van der Waals surface area (Å²) in [7, 11) is 0. The highest BCUT2D eigenvalue weighted by Crippen LogP contribution is 2.28. The molecular weight excluding hydrogens is 232 g/mol. The van der Waals surface area contributed by atoms with Crippen LogP contribution >= 0.6 is 0 Å². The minimum absolute atomic E-state index is 0.458. The van der Waals surface area contributed by atoms with Gasteiger partial charge in [-0.15, -0.1) is 0 Å². The molecule has 0 amide bonds. The van der Waals surface area contributed by atoms with Crippen LogP contribution in [-0.2, 0) is 6.42 Å². The predicted octanol–water partition coefficient (Wildman–Crippen LogP) is 4.02. The molecule has 1 unspecified atom stereocenters. The molecule has 0 saturated heterocycles. The van der Waals surface area contributed by atoms with Crippen LogP contribution in [0.3, 0.4) is 0 Å². The van der Waals surface area contributed by atoms with Crippen molar-refractivity contribution in [1.82, 2.24) is 0 Å². The van der Waals surface area contributed by atoms with Crippen molar-refractivity contribution >= 4 is 5.69 Å². The lowest BCUT2D eigenvalue weighted by Crippen LogP contribution is -2.33. The van der Waals surface area contributed by atoms with Gasteiger partial charge in [0.25, 0.3) is 0 Å². The van der Waals surface area contributed by atoms with Crippen LogP contribution in [0.1, 0.15) is 44.2 Å². The number of benzene rings is 1. The molecule has 1 atom stereocenters. The average Bonchev–Trinajstić information content (AvgIpc) is 2.40. The quantitative estimate of drug-likeness (QED) is 0.765. The van der Waals surface area contributed by atoms with Gasteiger partial charge in [-0.1, -0.05) is 39.0 Å². The Balaban J connectivity index is 3.13. The van der Waals surface area contributed by atoms with Crippen LogP contribution < -0.4 is 10.6 Å². The maximum Gasteiger partial charge on any atom is 0.0443 e. The molecular formula is C17H28N2. The largest absolute Gasteiger partial charge is 0.345 e. The Labute approximate surface area is 118 Å². The molecule has 2 nitrogen and oxygen atoms in total. The van der Waals surface area contributed by atoms with Gasteiger partial charge in [-0.2, -0.15) is 0 Å². The molecule has 1 aromatic carbocycles. The van der Waals surface area contributed by atoms with Crippen LogP contribution in [0.4, 0.5) is 5.69 Å². The molecule has 1 aromatic rings. The number of aryl methyl sites for hydroxylation is 1. The van der Waals surface area contributed by atoms with Crippen molar-refractivity contribution in [2.75, 3.05) is 11.4 Å². The van der Waals surface area contributed by atoms with Crippen molar-refractivity contribution in [3.05, 3.63) is 42.1 Å². The predicted molar refractivity (Wildman–Crippen MR) is 85.6 cm³/mol. The summed E-state index contributed by atoms with van der Waals surface area (Å²) < 4.78 is 0. The number of nitrogens with two attached hydrogens (primary N) is 1. The lowest BCUT2D eigenvalue weighted by atomic mass is 10.00. The van der Waals surface area contributed by atoms with E-state index in [1.807, 2.05) is 6.20 Å². The van der Waals surface area contributed by atoms with Crippen molar-refractivity contribution in [3.8, 4) is 0 Å². The highest BCUT2D eigenvalue weighted by atomic mass is 15.1. The molecule has 0 fully saturated rings. The highest BCUT2D eigenvalue weighted by molar-refractivity contribution is 5.59. The van der Waals surface area contributed by atoms with Crippen molar-refractivity contribution in [2.45, 2.75) is 52.5 Å². The van der Waals surface area contributed by atoms with Crippen molar-refractivity contribution in [1.29, 1.82) is 0 Å². The van der Waals surface area contributed by atoms with Gasteiger partial charge in [0.2, 0.25) is 0 Å². The highest BCUT2D eigenvalue weighted by Gasteiger charge is 2.18. The van der Waals surface area contributed by atoms with E-state index in [2.05, 4.69) is 50.4 Å². The maximum atomic E-state index is 5.77. The van der Waals surface area contributed by atoms with Crippen LogP contribution in [0.5, 0.6) is 0 Å². The van der Waals surface area contributed by atoms with Gasteiger partial charge in [0, 0.05) is 11.7 Å². The first-order valence-corrected chi connectivity index (χ1v) is 7.38. The van der Waals surface area contributed by atoms with Crippen LogP contribution in [0.2, 0.25) is 0 Å². The molecule has 106 valence electrons. The molecule has 2 heteroatoms. The first kappa shape index (κ1) is 15.8. The Hall–Kier alpha value is -1.28. The fraction of sp³-hybridized carbons (Fsp3) is 0.529. The molecule has 2 N–H and O–H groups in total. The van der Waals surface area contributed by atoms with Crippen molar-refractivity contribution < 1.29 is 0 Å². The molecule has 0 saturated carbocycles. The molecule has 0 bridgehead atoms. The Kier molecular flexibility index (Phi) is 6.65. The summed E-state index contributed by atoms with van der Waals surface area (Å²) in [5.74, 6) is 0. The van der Waals surface area contributed by atoms with Gasteiger partial charge in [0.1, 0.15) is 0 Å². The van der Waals surface area contributed by atoms with E-state index in [1.54, 1.807) is 0 Å². The topological polar surface area (TPSA) is 29.3 Å². The summed E-state index contributed by atoms with van der Waals surface area (Å²) in [6.07, 6.45) is 6.34. The van der Waals surface area contributed by atoms with Crippen LogP contribution in [-0.4, -0.2) is 12.6 Å². The Morgan fingerprint density at radius 2 is 2.05 bits per heavy atom. The van der Waals surface area contributed by atoms with E-state index in [9.17, 15) is 0 Å². The minimum atomic E-state index is 0.458. The molecule has 0 radical (unpaired) electrons. The van der Waals surface area contributed by atoms with E-state index in [-0.39, 0.29) is 0 Å².